The van der Waals surface area contributed by atoms with Gasteiger partial charge in [0, 0.05) is 29.1 Å². The summed E-state index contributed by atoms with van der Waals surface area (Å²) in [6.07, 6.45) is 3.70. The third-order valence-electron chi connectivity index (χ3n) is 7.28. The molecule has 0 saturated carbocycles. The molecule has 39 heavy (non-hydrogen) atoms. The summed E-state index contributed by atoms with van der Waals surface area (Å²) >= 11 is 1.71. The molecule has 6 aromatic carbocycles. The van der Waals surface area contributed by atoms with Gasteiger partial charge >= 0.3 is 0 Å². The van der Waals surface area contributed by atoms with E-state index in [0.717, 1.165) is 70.3 Å². The topological polar surface area (TPSA) is 35.0 Å². The highest BCUT2D eigenvalue weighted by Gasteiger charge is 2.21. The molecule has 3 nitrogen and oxygen atoms in total. The fourth-order valence-corrected chi connectivity index (χ4v) is 6.45. The Labute approximate surface area is 227 Å². The highest BCUT2D eigenvalue weighted by molar-refractivity contribution is 7.99. The molecule has 0 aliphatic carbocycles. The lowest BCUT2D eigenvalue weighted by atomic mass is 9.93. The molecule has 5 heteroatoms. The smallest absolute Gasteiger partial charge is 0.159 e. The molecule has 0 saturated heterocycles. The van der Waals surface area contributed by atoms with Gasteiger partial charge in [0.25, 0.3) is 0 Å². The Balaban J connectivity index is 1.23. The number of aromatic nitrogens is 2. The average Bonchev–Trinajstić information content (AvgIpc) is 2.99. The van der Waals surface area contributed by atoms with Gasteiger partial charge in [-0.05, 0) is 68.7 Å². The summed E-state index contributed by atoms with van der Waals surface area (Å²) in [4.78, 5) is 11.7. The number of rotatable bonds is 2. The van der Waals surface area contributed by atoms with Crippen LogP contribution < -0.4 is 4.74 Å². The van der Waals surface area contributed by atoms with Gasteiger partial charge in [0.2, 0.25) is 0 Å². The van der Waals surface area contributed by atoms with E-state index in [1.165, 1.54) is 6.07 Å². The maximum atomic E-state index is 14.2. The molecule has 0 bridgehead atoms. The van der Waals surface area contributed by atoms with E-state index in [1.54, 1.807) is 17.8 Å². The Morgan fingerprint density at radius 1 is 0.564 bits per heavy atom. The normalized spacial score (nSPS) is 12.3. The van der Waals surface area contributed by atoms with E-state index in [0.29, 0.717) is 5.82 Å². The van der Waals surface area contributed by atoms with Crippen molar-refractivity contribution in [2.75, 3.05) is 0 Å². The molecule has 8 rings (SSSR count). The molecule has 7 aromatic rings. The Morgan fingerprint density at radius 3 is 2.10 bits per heavy atom. The maximum Gasteiger partial charge on any atom is 0.159 e. The van der Waals surface area contributed by atoms with Gasteiger partial charge in [-0.25, -0.2) is 14.4 Å². The highest BCUT2D eigenvalue weighted by atomic mass is 32.2. The van der Waals surface area contributed by atoms with E-state index in [2.05, 4.69) is 30.3 Å². The minimum atomic E-state index is -0.240. The van der Waals surface area contributed by atoms with Crippen LogP contribution in [0.25, 0.3) is 54.8 Å². The average molecular weight is 523 g/mol. The van der Waals surface area contributed by atoms with Crippen molar-refractivity contribution in [1.82, 2.24) is 9.97 Å². The van der Waals surface area contributed by atoms with Crippen molar-refractivity contribution in [3.8, 4) is 34.0 Å². The number of hydrogen-bond acceptors (Lipinski definition) is 4. The van der Waals surface area contributed by atoms with Gasteiger partial charge in [0.15, 0.2) is 5.82 Å². The van der Waals surface area contributed by atoms with Crippen LogP contribution in [-0.2, 0) is 0 Å². The molecule has 0 amide bonds. The van der Waals surface area contributed by atoms with Crippen LogP contribution in [0.3, 0.4) is 0 Å². The second-order valence-corrected chi connectivity index (χ2v) is 10.7. The van der Waals surface area contributed by atoms with Gasteiger partial charge in [0.05, 0.1) is 9.79 Å². The third kappa shape index (κ3) is 3.58. The van der Waals surface area contributed by atoms with E-state index in [-0.39, 0.29) is 5.82 Å². The number of nitrogens with zero attached hydrogens (tertiary/aromatic N) is 2. The van der Waals surface area contributed by atoms with E-state index in [1.807, 2.05) is 73.1 Å². The molecule has 0 spiro atoms. The summed E-state index contributed by atoms with van der Waals surface area (Å²) < 4.78 is 20.5. The quantitative estimate of drug-likeness (QED) is 0.212. The highest BCUT2D eigenvalue weighted by Crippen LogP contribution is 2.50. The zero-order chi connectivity index (χ0) is 25.9. The van der Waals surface area contributed by atoms with Crippen LogP contribution in [0, 0.1) is 5.82 Å². The van der Waals surface area contributed by atoms with Crippen LogP contribution in [0.1, 0.15) is 0 Å². The summed E-state index contributed by atoms with van der Waals surface area (Å²) in [6, 6.07) is 33.6. The largest absolute Gasteiger partial charge is 0.454 e. The lowest BCUT2D eigenvalue weighted by Crippen LogP contribution is -1.98. The second-order valence-electron chi connectivity index (χ2n) is 9.57. The first kappa shape index (κ1) is 22.3. The Hall–Kier alpha value is -4.74. The Kier molecular flexibility index (Phi) is 4.94. The first-order chi connectivity index (χ1) is 19.2. The lowest BCUT2D eigenvalue weighted by molar-refractivity contribution is 0.456. The molecule has 1 aromatic heterocycles. The van der Waals surface area contributed by atoms with Crippen LogP contribution >= 0.6 is 11.8 Å². The van der Waals surface area contributed by atoms with Crippen molar-refractivity contribution in [3.05, 3.63) is 121 Å². The number of benzene rings is 6. The molecule has 2 heterocycles. The summed E-state index contributed by atoms with van der Waals surface area (Å²) in [5.74, 6) is 2.08. The van der Waals surface area contributed by atoms with Crippen molar-refractivity contribution in [3.63, 3.8) is 0 Å². The van der Waals surface area contributed by atoms with E-state index >= 15 is 0 Å². The standard InChI is InChI=1S/C34H19FN2OS/c35-22-13-15-26-24-6-1-2-7-25(24)28-16-20(12-14-27(28)29(26)17-22)34-36-18-21(19-37-34)23-8-5-11-32-33(23)38-30-9-3-4-10-31(30)39-32/h1-19H. The molecule has 184 valence electrons. The molecule has 0 fully saturated rings. The van der Waals surface area contributed by atoms with Gasteiger partial charge in [-0.2, -0.15) is 0 Å². The van der Waals surface area contributed by atoms with Crippen LogP contribution in [-0.4, -0.2) is 9.97 Å². The minimum absolute atomic E-state index is 0.240. The lowest BCUT2D eigenvalue weighted by Gasteiger charge is -2.21. The van der Waals surface area contributed by atoms with Crippen molar-refractivity contribution >= 4 is 44.1 Å². The third-order valence-corrected chi connectivity index (χ3v) is 8.38. The number of fused-ring (bicyclic) bond motifs is 8. The van der Waals surface area contributed by atoms with Gasteiger partial charge < -0.3 is 4.74 Å². The van der Waals surface area contributed by atoms with Crippen LogP contribution in [0.2, 0.25) is 0 Å². The van der Waals surface area contributed by atoms with Gasteiger partial charge in [-0.15, -0.1) is 0 Å². The second kappa shape index (κ2) is 8.65. The summed E-state index contributed by atoms with van der Waals surface area (Å²) in [7, 11) is 0. The number of hydrogen-bond donors (Lipinski definition) is 0. The van der Waals surface area contributed by atoms with Gasteiger partial charge in [-0.3, -0.25) is 0 Å². The molecule has 1 aliphatic rings. The summed E-state index contributed by atoms with van der Waals surface area (Å²) in [5, 5.41) is 6.23. The SMILES string of the molecule is Fc1ccc2c3ccccc3c3cc(-c4ncc(-c5cccc6c5Oc5ccccc5S6)cn4)ccc3c2c1. The molecular formula is C34H19FN2OS. The minimum Gasteiger partial charge on any atom is -0.454 e. The molecule has 0 N–H and O–H groups in total. The predicted octanol–water partition coefficient (Wildman–Crippen LogP) is 9.67. The van der Waals surface area contributed by atoms with E-state index in [9.17, 15) is 4.39 Å². The van der Waals surface area contributed by atoms with Crippen molar-refractivity contribution in [2.24, 2.45) is 0 Å². The monoisotopic (exact) mass is 522 g/mol. The Morgan fingerprint density at radius 2 is 1.23 bits per heavy atom. The molecule has 0 atom stereocenters. The first-order valence-electron chi connectivity index (χ1n) is 12.7. The number of ether oxygens (including phenoxy) is 1. The van der Waals surface area contributed by atoms with Gasteiger partial charge in [-0.1, -0.05) is 78.5 Å². The summed E-state index contributed by atoms with van der Waals surface area (Å²) in [6.45, 7) is 0. The maximum absolute atomic E-state index is 14.2. The predicted molar refractivity (Wildman–Crippen MR) is 156 cm³/mol. The molecule has 1 aliphatic heterocycles. The van der Waals surface area contributed by atoms with E-state index in [4.69, 9.17) is 14.7 Å². The number of halogens is 1. The first-order valence-corrected chi connectivity index (χ1v) is 13.5. The summed E-state index contributed by atoms with van der Waals surface area (Å²) in [5.41, 5.74) is 2.76. The zero-order valence-electron chi connectivity index (χ0n) is 20.6. The molecule has 0 unspecified atom stereocenters. The number of para-hydroxylation sites is 2. The van der Waals surface area contributed by atoms with E-state index < -0.39 is 0 Å². The van der Waals surface area contributed by atoms with Gasteiger partial charge in [0.1, 0.15) is 17.3 Å². The zero-order valence-corrected chi connectivity index (χ0v) is 21.4. The van der Waals surface area contributed by atoms with Crippen LogP contribution in [0.15, 0.2) is 125 Å². The van der Waals surface area contributed by atoms with Crippen LogP contribution in [0.5, 0.6) is 11.5 Å². The fraction of sp³-hybridized carbons (Fsp3) is 0. The van der Waals surface area contributed by atoms with Crippen molar-refractivity contribution in [2.45, 2.75) is 9.79 Å². The molecule has 0 radical (unpaired) electrons. The molecular weight excluding hydrogens is 503 g/mol. The fourth-order valence-electron chi connectivity index (χ4n) is 5.46. The van der Waals surface area contributed by atoms with Crippen LogP contribution in [0.4, 0.5) is 4.39 Å². The van der Waals surface area contributed by atoms with Crippen molar-refractivity contribution < 1.29 is 9.13 Å². The Bertz CT molecular complexity index is 2090. The van der Waals surface area contributed by atoms with Crippen molar-refractivity contribution in [1.29, 1.82) is 0 Å².